The van der Waals surface area contributed by atoms with E-state index in [2.05, 4.69) is 30.9 Å². The molecule has 20 heavy (non-hydrogen) atoms. The number of carbonyl (C=O) groups excluding carboxylic acids is 1. The molecule has 0 atom stereocenters. The molecule has 0 bridgehead atoms. The number of fused-ring (bicyclic) bond motifs is 1. The Hall–Kier alpha value is -0.800. The van der Waals surface area contributed by atoms with Gasteiger partial charge in [-0.3, -0.25) is 4.79 Å². The monoisotopic (exact) mass is 291 g/mol. The van der Waals surface area contributed by atoms with E-state index in [0.29, 0.717) is 5.75 Å². The average Bonchev–Trinajstić information content (AvgIpc) is 2.94. The van der Waals surface area contributed by atoms with Crippen LogP contribution in [0.5, 0.6) is 0 Å². The summed E-state index contributed by atoms with van der Waals surface area (Å²) >= 11 is 1.76. The standard InChI is InChI=1S/C17H25NOS/c1-3-18(4-2)10-11-20-13-17(19)16-9-8-14-6-5-7-15(14)12-16/h8-9,12H,3-7,10-11,13H2,1-2H3. The van der Waals surface area contributed by atoms with E-state index < -0.39 is 0 Å². The van der Waals surface area contributed by atoms with Gasteiger partial charge in [-0.2, -0.15) is 11.8 Å². The van der Waals surface area contributed by atoms with Crippen LogP contribution in [0, 0.1) is 0 Å². The Morgan fingerprint density at radius 2 is 1.95 bits per heavy atom. The topological polar surface area (TPSA) is 20.3 Å². The smallest absolute Gasteiger partial charge is 0.172 e. The predicted molar refractivity (Wildman–Crippen MR) is 87.9 cm³/mol. The van der Waals surface area contributed by atoms with Crippen LogP contribution in [-0.2, 0) is 12.8 Å². The van der Waals surface area contributed by atoms with Gasteiger partial charge in [0.05, 0.1) is 5.75 Å². The second kappa shape index (κ2) is 7.84. The van der Waals surface area contributed by atoms with Gasteiger partial charge in [-0.15, -0.1) is 0 Å². The van der Waals surface area contributed by atoms with Crippen LogP contribution in [0.4, 0.5) is 0 Å². The summed E-state index contributed by atoms with van der Waals surface area (Å²) < 4.78 is 0. The first-order chi connectivity index (χ1) is 9.74. The van der Waals surface area contributed by atoms with Crippen LogP contribution in [0.2, 0.25) is 0 Å². The Kier molecular flexibility index (Phi) is 6.11. The fourth-order valence-electron chi connectivity index (χ4n) is 2.73. The van der Waals surface area contributed by atoms with Crippen molar-refractivity contribution in [1.29, 1.82) is 0 Å². The highest BCUT2D eigenvalue weighted by Gasteiger charge is 2.13. The molecule has 1 aliphatic rings. The van der Waals surface area contributed by atoms with Gasteiger partial charge < -0.3 is 4.90 Å². The molecule has 2 nitrogen and oxygen atoms in total. The molecule has 1 aromatic carbocycles. The molecule has 110 valence electrons. The van der Waals surface area contributed by atoms with Crippen molar-refractivity contribution in [3.05, 3.63) is 34.9 Å². The lowest BCUT2D eigenvalue weighted by molar-refractivity contribution is 0.102. The molecule has 2 rings (SSSR count). The number of carbonyl (C=O) groups is 1. The molecular weight excluding hydrogens is 266 g/mol. The zero-order chi connectivity index (χ0) is 14.4. The van der Waals surface area contributed by atoms with Crippen LogP contribution in [0.15, 0.2) is 18.2 Å². The van der Waals surface area contributed by atoms with Crippen LogP contribution >= 0.6 is 11.8 Å². The van der Waals surface area contributed by atoms with Crippen molar-refractivity contribution < 1.29 is 4.79 Å². The Bertz CT molecular complexity index is 454. The molecule has 0 aromatic heterocycles. The van der Waals surface area contributed by atoms with Crippen LogP contribution in [0.3, 0.4) is 0 Å². The lowest BCUT2D eigenvalue weighted by atomic mass is 10.0. The molecule has 0 heterocycles. The third kappa shape index (κ3) is 4.10. The van der Waals surface area contributed by atoms with E-state index in [1.807, 2.05) is 6.07 Å². The third-order valence-electron chi connectivity index (χ3n) is 4.10. The summed E-state index contributed by atoms with van der Waals surface area (Å²) in [7, 11) is 0. The molecule has 3 heteroatoms. The molecule has 0 saturated carbocycles. The maximum atomic E-state index is 12.2. The summed E-state index contributed by atoms with van der Waals surface area (Å²) in [6, 6.07) is 6.28. The average molecular weight is 291 g/mol. The van der Waals surface area contributed by atoms with E-state index in [1.54, 1.807) is 11.8 Å². The second-order valence-electron chi connectivity index (χ2n) is 5.34. The van der Waals surface area contributed by atoms with Crippen molar-refractivity contribution >= 4 is 17.5 Å². The van der Waals surface area contributed by atoms with E-state index in [-0.39, 0.29) is 5.78 Å². The lowest BCUT2D eigenvalue weighted by Gasteiger charge is -2.17. The number of hydrogen-bond donors (Lipinski definition) is 0. The van der Waals surface area contributed by atoms with Gasteiger partial charge in [0.2, 0.25) is 0 Å². The number of hydrogen-bond acceptors (Lipinski definition) is 3. The quantitative estimate of drug-likeness (QED) is 0.540. The molecule has 0 saturated heterocycles. The van der Waals surface area contributed by atoms with Crippen molar-refractivity contribution in [2.45, 2.75) is 33.1 Å². The van der Waals surface area contributed by atoms with Gasteiger partial charge in [0, 0.05) is 17.9 Å². The summed E-state index contributed by atoms with van der Waals surface area (Å²) in [6.45, 7) is 7.63. The summed E-state index contributed by atoms with van der Waals surface area (Å²) in [5.41, 5.74) is 3.74. The zero-order valence-electron chi connectivity index (χ0n) is 12.7. The predicted octanol–water partition coefficient (Wildman–Crippen LogP) is 3.43. The molecule has 0 spiro atoms. The van der Waals surface area contributed by atoms with Gasteiger partial charge in [0.25, 0.3) is 0 Å². The fraction of sp³-hybridized carbons (Fsp3) is 0.588. The van der Waals surface area contributed by atoms with Crippen LogP contribution < -0.4 is 0 Å². The molecule has 1 aromatic rings. The number of ketones is 1. The minimum Gasteiger partial charge on any atom is -0.303 e. The normalized spacial score (nSPS) is 13.8. The van der Waals surface area contributed by atoms with E-state index in [1.165, 1.54) is 24.0 Å². The van der Waals surface area contributed by atoms with Crippen LogP contribution in [-0.4, -0.2) is 41.8 Å². The number of nitrogens with zero attached hydrogens (tertiary/aromatic N) is 1. The van der Waals surface area contributed by atoms with Crippen LogP contribution in [0.1, 0.15) is 41.8 Å². The first kappa shape index (κ1) is 15.6. The molecule has 0 radical (unpaired) electrons. The largest absolute Gasteiger partial charge is 0.303 e. The highest BCUT2D eigenvalue weighted by molar-refractivity contribution is 8.00. The van der Waals surface area contributed by atoms with Crippen molar-refractivity contribution in [2.24, 2.45) is 0 Å². The number of benzene rings is 1. The first-order valence-corrected chi connectivity index (χ1v) is 8.85. The fourth-order valence-corrected chi connectivity index (χ4v) is 3.61. The highest BCUT2D eigenvalue weighted by atomic mass is 32.2. The van der Waals surface area contributed by atoms with E-state index in [4.69, 9.17) is 0 Å². The Labute approximate surface area is 126 Å². The summed E-state index contributed by atoms with van der Waals surface area (Å²) in [6.07, 6.45) is 3.57. The Balaban J connectivity index is 1.77. The van der Waals surface area contributed by atoms with Gasteiger partial charge in [-0.25, -0.2) is 0 Å². The molecule has 0 unspecified atom stereocenters. The number of Topliss-reactive ketones (excluding diaryl/α,β-unsaturated/α-hetero) is 1. The SMILES string of the molecule is CCN(CC)CCSCC(=O)c1ccc2c(c1)CCC2. The maximum Gasteiger partial charge on any atom is 0.172 e. The maximum absolute atomic E-state index is 12.2. The van der Waals surface area contributed by atoms with Gasteiger partial charge in [-0.1, -0.05) is 26.0 Å². The van der Waals surface area contributed by atoms with Crippen molar-refractivity contribution in [2.75, 3.05) is 31.1 Å². The molecule has 0 N–H and O–H groups in total. The second-order valence-corrected chi connectivity index (χ2v) is 6.44. The summed E-state index contributed by atoms with van der Waals surface area (Å²) in [5, 5.41) is 0. The van der Waals surface area contributed by atoms with Crippen molar-refractivity contribution in [3.63, 3.8) is 0 Å². The molecule has 0 amide bonds. The number of aryl methyl sites for hydroxylation is 2. The molecule has 0 aliphatic heterocycles. The van der Waals surface area contributed by atoms with Gasteiger partial charge in [-0.05, 0) is 49.5 Å². The van der Waals surface area contributed by atoms with Crippen LogP contribution in [0.25, 0.3) is 0 Å². The van der Waals surface area contributed by atoms with E-state index in [0.717, 1.165) is 37.4 Å². The third-order valence-corrected chi connectivity index (χ3v) is 5.04. The lowest BCUT2D eigenvalue weighted by Crippen LogP contribution is -2.25. The Morgan fingerprint density at radius 1 is 1.20 bits per heavy atom. The minimum absolute atomic E-state index is 0.282. The summed E-state index contributed by atoms with van der Waals surface area (Å²) in [4.78, 5) is 14.6. The highest BCUT2D eigenvalue weighted by Crippen LogP contribution is 2.23. The summed E-state index contributed by atoms with van der Waals surface area (Å²) in [5.74, 6) is 1.93. The minimum atomic E-state index is 0.282. The van der Waals surface area contributed by atoms with Crippen molar-refractivity contribution in [3.8, 4) is 0 Å². The number of rotatable bonds is 8. The molecule has 1 aliphatic carbocycles. The molecule has 0 fully saturated rings. The van der Waals surface area contributed by atoms with Gasteiger partial charge in [0.15, 0.2) is 5.78 Å². The van der Waals surface area contributed by atoms with Gasteiger partial charge in [0.1, 0.15) is 0 Å². The Morgan fingerprint density at radius 3 is 2.70 bits per heavy atom. The van der Waals surface area contributed by atoms with Crippen molar-refractivity contribution in [1.82, 2.24) is 4.90 Å². The molecular formula is C17H25NOS. The van der Waals surface area contributed by atoms with Gasteiger partial charge >= 0.3 is 0 Å². The zero-order valence-corrected chi connectivity index (χ0v) is 13.5. The van der Waals surface area contributed by atoms with E-state index >= 15 is 0 Å². The van der Waals surface area contributed by atoms with E-state index in [9.17, 15) is 4.79 Å². The number of thioether (sulfide) groups is 1. The first-order valence-electron chi connectivity index (χ1n) is 7.69.